The second kappa shape index (κ2) is 8.49. The molecule has 0 bridgehead atoms. The van der Waals surface area contributed by atoms with Crippen molar-refractivity contribution in [3.8, 4) is 5.75 Å². The zero-order chi connectivity index (χ0) is 18.4. The summed E-state index contributed by atoms with van der Waals surface area (Å²) >= 11 is 6.11. The number of carbonyl (C=O) groups excluding carboxylic acids is 1. The quantitative estimate of drug-likeness (QED) is 0.690. The van der Waals surface area contributed by atoms with Gasteiger partial charge in [-0.05, 0) is 41.8 Å². The topological polar surface area (TPSA) is 69.0 Å². The van der Waals surface area contributed by atoms with Gasteiger partial charge in [0.05, 0.1) is 18.7 Å². The number of nitrogens with zero attached hydrogens (tertiary/aromatic N) is 3. The van der Waals surface area contributed by atoms with Gasteiger partial charge in [0.25, 0.3) is 0 Å². The third-order valence-electron chi connectivity index (χ3n) is 3.88. The van der Waals surface area contributed by atoms with Crippen LogP contribution in [-0.2, 0) is 17.8 Å². The van der Waals surface area contributed by atoms with Gasteiger partial charge in [0.1, 0.15) is 18.4 Å². The number of anilines is 1. The molecule has 1 N–H and O–H groups in total. The molecule has 3 aromatic rings. The summed E-state index contributed by atoms with van der Waals surface area (Å²) < 4.78 is 6.86. The smallest absolute Gasteiger partial charge is 0.224 e. The first kappa shape index (κ1) is 17.9. The Kier molecular flexibility index (Phi) is 5.86. The van der Waals surface area contributed by atoms with E-state index in [1.54, 1.807) is 18.1 Å². The van der Waals surface area contributed by atoms with Crippen molar-refractivity contribution in [1.29, 1.82) is 0 Å². The number of methoxy groups -OCH3 is 1. The third-order valence-corrected chi connectivity index (χ3v) is 4.17. The zero-order valence-electron chi connectivity index (χ0n) is 14.4. The number of ether oxygens (including phenoxy) is 1. The van der Waals surface area contributed by atoms with Crippen LogP contribution in [0.5, 0.6) is 5.75 Å². The van der Waals surface area contributed by atoms with E-state index in [1.165, 1.54) is 6.33 Å². The Morgan fingerprint density at radius 2 is 2.12 bits per heavy atom. The molecule has 3 rings (SSSR count). The van der Waals surface area contributed by atoms with E-state index in [9.17, 15) is 4.79 Å². The molecule has 0 fully saturated rings. The molecule has 0 radical (unpaired) electrons. The van der Waals surface area contributed by atoms with Crippen molar-refractivity contribution >= 4 is 23.2 Å². The van der Waals surface area contributed by atoms with E-state index in [-0.39, 0.29) is 5.91 Å². The summed E-state index contributed by atoms with van der Waals surface area (Å²) in [6, 6.07) is 13.2. The number of aromatic nitrogens is 3. The Labute approximate surface area is 156 Å². The summed E-state index contributed by atoms with van der Waals surface area (Å²) in [6.07, 6.45) is 4.13. The molecule has 6 nitrogen and oxygen atoms in total. The lowest BCUT2D eigenvalue weighted by molar-refractivity contribution is -0.116. The molecule has 26 heavy (non-hydrogen) atoms. The van der Waals surface area contributed by atoms with Gasteiger partial charge in [-0.25, -0.2) is 9.67 Å². The molecule has 1 heterocycles. The molecule has 0 aliphatic carbocycles. The van der Waals surface area contributed by atoms with Crippen LogP contribution in [0.2, 0.25) is 5.02 Å². The number of amides is 1. The van der Waals surface area contributed by atoms with Gasteiger partial charge >= 0.3 is 0 Å². The highest BCUT2D eigenvalue weighted by atomic mass is 35.5. The minimum Gasteiger partial charge on any atom is -0.495 e. The molecule has 0 saturated carbocycles. The number of halogens is 1. The second-order valence-electron chi connectivity index (χ2n) is 5.81. The van der Waals surface area contributed by atoms with Crippen molar-refractivity contribution < 1.29 is 9.53 Å². The van der Waals surface area contributed by atoms with Crippen molar-refractivity contribution in [3.63, 3.8) is 0 Å². The van der Waals surface area contributed by atoms with Crippen molar-refractivity contribution in [3.05, 3.63) is 71.3 Å². The second-order valence-corrected chi connectivity index (χ2v) is 6.22. The summed E-state index contributed by atoms with van der Waals surface area (Å²) in [4.78, 5) is 16.1. The molecule has 0 spiro atoms. The molecule has 0 unspecified atom stereocenters. The highest BCUT2D eigenvalue weighted by Crippen LogP contribution is 2.25. The Morgan fingerprint density at radius 3 is 2.85 bits per heavy atom. The standard InChI is InChI=1S/C19H19ClN4O2/c1-26-18-7-5-14(10-17(18)20)6-8-19(25)23-16-4-2-3-15(9-16)11-24-13-21-12-22-24/h2-5,7,9-10,12-13H,6,8,11H2,1H3,(H,23,25). The molecular weight excluding hydrogens is 352 g/mol. The van der Waals surface area contributed by atoms with Crippen LogP contribution >= 0.6 is 11.6 Å². The van der Waals surface area contributed by atoms with Gasteiger partial charge in [0.15, 0.2) is 0 Å². The van der Waals surface area contributed by atoms with E-state index in [4.69, 9.17) is 16.3 Å². The first-order valence-electron chi connectivity index (χ1n) is 8.17. The highest BCUT2D eigenvalue weighted by Gasteiger charge is 2.07. The lowest BCUT2D eigenvalue weighted by Crippen LogP contribution is -2.12. The largest absolute Gasteiger partial charge is 0.495 e. The Hall–Kier alpha value is -2.86. The van der Waals surface area contributed by atoms with Gasteiger partial charge in [-0.2, -0.15) is 5.10 Å². The molecule has 0 aliphatic rings. The van der Waals surface area contributed by atoms with Gasteiger partial charge in [-0.1, -0.05) is 29.8 Å². The molecule has 1 amide bonds. The summed E-state index contributed by atoms with van der Waals surface area (Å²) in [5.41, 5.74) is 2.79. The van der Waals surface area contributed by atoms with Crippen LogP contribution in [0.25, 0.3) is 0 Å². The molecule has 7 heteroatoms. The Balaban J connectivity index is 1.55. The highest BCUT2D eigenvalue weighted by molar-refractivity contribution is 6.32. The van der Waals surface area contributed by atoms with Crippen LogP contribution in [0.1, 0.15) is 17.5 Å². The minimum atomic E-state index is -0.0464. The van der Waals surface area contributed by atoms with Crippen LogP contribution in [0.15, 0.2) is 55.1 Å². The number of aryl methyl sites for hydroxylation is 1. The Bertz CT molecular complexity index is 881. The first-order valence-corrected chi connectivity index (χ1v) is 8.55. The molecule has 0 saturated heterocycles. The summed E-state index contributed by atoms with van der Waals surface area (Å²) in [7, 11) is 1.57. The number of carbonyl (C=O) groups is 1. The number of hydrogen-bond acceptors (Lipinski definition) is 4. The summed E-state index contributed by atoms with van der Waals surface area (Å²) in [5.74, 6) is 0.582. The van der Waals surface area contributed by atoms with Crippen molar-refractivity contribution in [2.24, 2.45) is 0 Å². The van der Waals surface area contributed by atoms with Crippen LogP contribution in [0, 0.1) is 0 Å². The average Bonchev–Trinajstić information content (AvgIpc) is 3.13. The third kappa shape index (κ3) is 4.83. The van der Waals surface area contributed by atoms with Gasteiger partial charge in [0.2, 0.25) is 5.91 Å². The van der Waals surface area contributed by atoms with Crippen LogP contribution < -0.4 is 10.1 Å². The van der Waals surface area contributed by atoms with Gasteiger partial charge in [0, 0.05) is 12.1 Å². The van der Waals surface area contributed by atoms with E-state index in [0.29, 0.717) is 30.2 Å². The summed E-state index contributed by atoms with van der Waals surface area (Å²) in [5, 5.41) is 7.56. The molecule has 0 aliphatic heterocycles. The minimum absolute atomic E-state index is 0.0464. The number of rotatable bonds is 7. The molecule has 1 aromatic heterocycles. The molecule has 2 aromatic carbocycles. The molecule has 134 valence electrons. The first-order chi connectivity index (χ1) is 12.6. The lowest BCUT2D eigenvalue weighted by atomic mass is 10.1. The maximum Gasteiger partial charge on any atom is 0.224 e. The fourth-order valence-electron chi connectivity index (χ4n) is 2.60. The van der Waals surface area contributed by atoms with Gasteiger partial charge in [-0.3, -0.25) is 4.79 Å². The van der Waals surface area contributed by atoms with Crippen molar-refractivity contribution in [1.82, 2.24) is 14.8 Å². The SMILES string of the molecule is COc1ccc(CCC(=O)Nc2cccc(Cn3cncn3)c2)cc1Cl. The predicted molar refractivity (Wildman–Crippen MR) is 101 cm³/mol. The number of benzene rings is 2. The zero-order valence-corrected chi connectivity index (χ0v) is 15.1. The van der Waals surface area contributed by atoms with Crippen LogP contribution in [-0.4, -0.2) is 27.8 Å². The fourth-order valence-corrected chi connectivity index (χ4v) is 2.88. The molecular formula is C19H19ClN4O2. The van der Waals surface area contributed by atoms with Crippen LogP contribution in [0.3, 0.4) is 0 Å². The fraction of sp³-hybridized carbons (Fsp3) is 0.211. The van der Waals surface area contributed by atoms with E-state index in [1.807, 2.05) is 42.5 Å². The number of hydrogen-bond donors (Lipinski definition) is 1. The van der Waals surface area contributed by atoms with E-state index in [0.717, 1.165) is 16.8 Å². The van der Waals surface area contributed by atoms with Crippen molar-refractivity contribution in [2.75, 3.05) is 12.4 Å². The predicted octanol–water partition coefficient (Wildman–Crippen LogP) is 3.56. The van der Waals surface area contributed by atoms with E-state index >= 15 is 0 Å². The average molecular weight is 371 g/mol. The monoisotopic (exact) mass is 370 g/mol. The number of nitrogens with one attached hydrogen (secondary N) is 1. The van der Waals surface area contributed by atoms with Gasteiger partial charge in [-0.15, -0.1) is 0 Å². The van der Waals surface area contributed by atoms with E-state index in [2.05, 4.69) is 15.4 Å². The normalized spacial score (nSPS) is 10.5. The molecule has 0 atom stereocenters. The van der Waals surface area contributed by atoms with Gasteiger partial charge < -0.3 is 10.1 Å². The van der Waals surface area contributed by atoms with E-state index < -0.39 is 0 Å². The maximum atomic E-state index is 12.2. The maximum absolute atomic E-state index is 12.2. The van der Waals surface area contributed by atoms with Crippen LogP contribution in [0.4, 0.5) is 5.69 Å². The Morgan fingerprint density at radius 1 is 1.23 bits per heavy atom. The lowest BCUT2D eigenvalue weighted by Gasteiger charge is -2.09. The van der Waals surface area contributed by atoms with Crippen molar-refractivity contribution in [2.45, 2.75) is 19.4 Å². The summed E-state index contributed by atoms with van der Waals surface area (Å²) in [6.45, 7) is 0.605.